The second kappa shape index (κ2) is 5.61. The average molecular weight is 342 g/mol. The Kier molecular flexibility index (Phi) is 3.66. The minimum atomic E-state index is -0.110. The molecule has 1 N–H and O–H groups in total. The van der Waals surface area contributed by atoms with Crippen molar-refractivity contribution in [3.05, 3.63) is 58.1 Å². The zero-order valence-electron chi connectivity index (χ0n) is 11.3. The number of nitrogens with one attached hydrogen (secondary N) is 1. The molecule has 21 heavy (non-hydrogen) atoms. The van der Waals surface area contributed by atoms with Gasteiger partial charge in [0, 0.05) is 4.47 Å². The Labute approximate surface area is 130 Å². The van der Waals surface area contributed by atoms with Crippen molar-refractivity contribution in [1.29, 1.82) is 0 Å². The number of halogens is 1. The molecule has 0 unspecified atom stereocenters. The summed E-state index contributed by atoms with van der Waals surface area (Å²) in [5, 5.41) is 4.07. The number of carbonyl (C=O) groups excluding carboxylic acids is 1. The maximum absolute atomic E-state index is 12.2. The van der Waals surface area contributed by atoms with Crippen molar-refractivity contribution in [3.8, 4) is 0 Å². The SMILES string of the molecule is Cc1ccc(N/N=C/C2=Nc3ccc(Br)cc3C2=O)cc1. The maximum atomic E-state index is 12.2. The predicted molar refractivity (Wildman–Crippen MR) is 88.9 cm³/mol. The van der Waals surface area contributed by atoms with Crippen molar-refractivity contribution >= 4 is 45.0 Å². The van der Waals surface area contributed by atoms with Gasteiger partial charge in [-0.15, -0.1) is 0 Å². The molecule has 0 fully saturated rings. The van der Waals surface area contributed by atoms with Gasteiger partial charge in [-0.1, -0.05) is 33.6 Å². The largest absolute Gasteiger partial charge is 0.287 e. The minimum Gasteiger partial charge on any atom is -0.287 e. The quantitative estimate of drug-likeness (QED) is 0.674. The summed E-state index contributed by atoms with van der Waals surface area (Å²) in [6, 6.07) is 13.3. The highest BCUT2D eigenvalue weighted by molar-refractivity contribution is 9.10. The van der Waals surface area contributed by atoms with Crippen molar-refractivity contribution in [2.45, 2.75) is 6.92 Å². The van der Waals surface area contributed by atoms with Crippen LogP contribution in [0.4, 0.5) is 11.4 Å². The molecule has 0 saturated carbocycles. The van der Waals surface area contributed by atoms with Crippen molar-refractivity contribution in [1.82, 2.24) is 0 Å². The van der Waals surface area contributed by atoms with E-state index in [2.05, 4.69) is 31.4 Å². The molecule has 104 valence electrons. The van der Waals surface area contributed by atoms with Crippen LogP contribution < -0.4 is 5.43 Å². The second-order valence-corrected chi connectivity index (χ2v) is 5.64. The predicted octanol–water partition coefficient (Wildman–Crippen LogP) is 4.12. The topological polar surface area (TPSA) is 53.8 Å². The molecule has 5 heteroatoms. The molecule has 0 aliphatic carbocycles. The first-order chi connectivity index (χ1) is 10.1. The van der Waals surface area contributed by atoms with E-state index in [0.717, 1.165) is 10.2 Å². The molecule has 0 amide bonds. The molecule has 0 spiro atoms. The van der Waals surface area contributed by atoms with Crippen LogP contribution >= 0.6 is 15.9 Å². The van der Waals surface area contributed by atoms with Gasteiger partial charge in [-0.05, 0) is 37.3 Å². The summed E-state index contributed by atoms with van der Waals surface area (Å²) in [5.41, 5.74) is 6.54. The number of aryl methyl sites for hydroxylation is 1. The average Bonchev–Trinajstić information content (AvgIpc) is 2.78. The summed E-state index contributed by atoms with van der Waals surface area (Å²) in [6.07, 6.45) is 1.45. The second-order valence-electron chi connectivity index (χ2n) is 4.72. The molecule has 3 rings (SSSR count). The van der Waals surface area contributed by atoms with Crippen LogP contribution in [0.25, 0.3) is 0 Å². The zero-order chi connectivity index (χ0) is 14.8. The van der Waals surface area contributed by atoms with Crippen LogP contribution in [0.15, 0.2) is 57.0 Å². The van der Waals surface area contributed by atoms with Crippen LogP contribution in [0.1, 0.15) is 15.9 Å². The Balaban J connectivity index is 1.73. The fraction of sp³-hybridized carbons (Fsp3) is 0.0625. The van der Waals surface area contributed by atoms with E-state index >= 15 is 0 Å². The number of hydrogen-bond donors (Lipinski definition) is 1. The lowest BCUT2D eigenvalue weighted by Gasteiger charge is -1.99. The third-order valence-corrected chi connectivity index (χ3v) is 3.60. The number of benzene rings is 2. The van der Waals surface area contributed by atoms with Gasteiger partial charge in [0.2, 0.25) is 5.78 Å². The molecule has 4 nitrogen and oxygen atoms in total. The number of ketones is 1. The molecule has 0 saturated heterocycles. The third-order valence-electron chi connectivity index (χ3n) is 3.11. The van der Waals surface area contributed by atoms with Gasteiger partial charge in [0.05, 0.1) is 23.2 Å². The summed E-state index contributed by atoms with van der Waals surface area (Å²) in [7, 11) is 0. The molecule has 2 aromatic carbocycles. The molecule has 2 aromatic rings. The lowest BCUT2D eigenvalue weighted by atomic mass is 10.1. The lowest BCUT2D eigenvalue weighted by Crippen LogP contribution is -2.11. The van der Waals surface area contributed by atoms with Crippen LogP contribution in [0, 0.1) is 6.92 Å². The van der Waals surface area contributed by atoms with E-state index in [-0.39, 0.29) is 5.78 Å². The highest BCUT2D eigenvalue weighted by atomic mass is 79.9. The Morgan fingerprint density at radius 1 is 1.19 bits per heavy atom. The van der Waals surface area contributed by atoms with Crippen molar-refractivity contribution in [3.63, 3.8) is 0 Å². The number of fused-ring (bicyclic) bond motifs is 1. The maximum Gasteiger partial charge on any atom is 0.215 e. The van der Waals surface area contributed by atoms with Crippen molar-refractivity contribution < 1.29 is 4.79 Å². The van der Waals surface area contributed by atoms with E-state index in [1.807, 2.05) is 43.3 Å². The summed E-state index contributed by atoms with van der Waals surface area (Å²) < 4.78 is 0.862. The van der Waals surface area contributed by atoms with E-state index in [9.17, 15) is 4.79 Å². The van der Waals surface area contributed by atoms with Gasteiger partial charge in [-0.2, -0.15) is 5.10 Å². The van der Waals surface area contributed by atoms with Crippen LogP contribution in [-0.2, 0) is 0 Å². The highest BCUT2D eigenvalue weighted by Crippen LogP contribution is 2.28. The number of carbonyl (C=O) groups is 1. The normalized spacial score (nSPS) is 13.4. The highest BCUT2D eigenvalue weighted by Gasteiger charge is 2.23. The van der Waals surface area contributed by atoms with E-state index in [1.54, 1.807) is 6.07 Å². The Morgan fingerprint density at radius 2 is 1.95 bits per heavy atom. The number of anilines is 1. The molecule has 0 bridgehead atoms. The van der Waals surface area contributed by atoms with Gasteiger partial charge in [0.1, 0.15) is 5.71 Å². The molecular formula is C16H12BrN3O. The Bertz CT molecular complexity index is 764. The van der Waals surface area contributed by atoms with Gasteiger partial charge in [-0.3, -0.25) is 10.2 Å². The minimum absolute atomic E-state index is 0.110. The molecule has 0 atom stereocenters. The molecule has 0 aromatic heterocycles. The van der Waals surface area contributed by atoms with E-state index in [4.69, 9.17) is 0 Å². The van der Waals surface area contributed by atoms with Crippen LogP contribution in [-0.4, -0.2) is 17.7 Å². The molecule has 1 heterocycles. The molecular weight excluding hydrogens is 330 g/mol. The van der Waals surface area contributed by atoms with Crippen LogP contribution in [0.2, 0.25) is 0 Å². The van der Waals surface area contributed by atoms with Gasteiger partial charge in [0.15, 0.2) is 0 Å². The third kappa shape index (κ3) is 2.92. The summed E-state index contributed by atoms with van der Waals surface area (Å²) in [5.74, 6) is -0.110. The van der Waals surface area contributed by atoms with E-state index in [0.29, 0.717) is 17.0 Å². The van der Waals surface area contributed by atoms with E-state index in [1.165, 1.54) is 11.8 Å². The first-order valence-electron chi connectivity index (χ1n) is 6.42. The number of hydrazone groups is 1. The first-order valence-corrected chi connectivity index (χ1v) is 7.21. The van der Waals surface area contributed by atoms with Gasteiger partial charge in [0.25, 0.3) is 0 Å². The molecule has 0 radical (unpaired) electrons. The number of rotatable bonds is 3. The first kappa shape index (κ1) is 13.7. The zero-order valence-corrected chi connectivity index (χ0v) is 12.9. The van der Waals surface area contributed by atoms with Gasteiger partial charge < -0.3 is 0 Å². The molecule has 1 aliphatic rings. The number of aliphatic imine (C=N–C) groups is 1. The Morgan fingerprint density at radius 3 is 2.71 bits per heavy atom. The summed E-state index contributed by atoms with van der Waals surface area (Å²) >= 11 is 3.35. The fourth-order valence-electron chi connectivity index (χ4n) is 1.99. The summed E-state index contributed by atoms with van der Waals surface area (Å²) in [6.45, 7) is 2.02. The standard InChI is InChI=1S/C16H12BrN3O/c1-10-2-5-12(6-3-10)20-18-9-15-16(21)13-8-11(17)4-7-14(13)19-15/h2-9,20H,1H3/b18-9+. The van der Waals surface area contributed by atoms with Crippen molar-refractivity contribution in [2.24, 2.45) is 10.1 Å². The fourth-order valence-corrected chi connectivity index (χ4v) is 2.35. The van der Waals surface area contributed by atoms with Gasteiger partial charge >= 0.3 is 0 Å². The monoisotopic (exact) mass is 341 g/mol. The summed E-state index contributed by atoms with van der Waals surface area (Å²) in [4.78, 5) is 16.4. The van der Waals surface area contributed by atoms with Gasteiger partial charge in [-0.25, -0.2) is 4.99 Å². The smallest absolute Gasteiger partial charge is 0.215 e. The van der Waals surface area contributed by atoms with Crippen molar-refractivity contribution in [2.75, 3.05) is 5.43 Å². The lowest BCUT2D eigenvalue weighted by molar-refractivity contribution is 0.107. The van der Waals surface area contributed by atoms with Crippen LogP contribution in [0.5, 0.6) is 0 Å². The number of Topliss-reactive ketones (excluding diaryl/α,β-unsaturated/α-hetero) is 1. The number of nitrogens with zero attached hydrogens (tertiary/aromatic N) is 2. The van der Waals surface area contributed by atoms with Crippen LogP contribution in [0.3, 0.4) is 0 Å². The number of hydrogen-bond acceptors (Lipinski definition) is 4. The van der Waals surface area contributed by atoms with E-state index < -0.39 is 0 Å². The Hall–Kier alpha value is -2.27. The molecule has 1 aliphatic heterocycles.